The highest BCUT2D eigenvalue weighted by Crippen LogP contribution is 2.30. The van der Waals surface area contributed by atoms with Crippen molar-refractivity contribution in [3.05, 3.63) is 24.0 Å². The number of carboxylic acid groups (broad SMARTS) is 1. The van der Waals surface area contributed by atoms with Crippen LogP contribution in [-0.2, 0) is 0 Å². The first-order valence-corrected chi connectivity index (χ1v) is 7.64. The van der Waals surface area contributed by atoms with Crippen molar-refractivity contribution in [2.24, 2.45) is 5.92 Å². The van der Waals surface area contributed by atoms with Crippen molar-refractivity contribution in [2.45, 2.75) is 43.1 Å². The molecule has 1 aliphatic carbocycles. The summed E-state index contributed by atoms with van der Waals surface area (Å²) in [5.41, 5.74) is 0.0512. The molecule has 0 amide bonds. The van der Waals surface area contributed by atoms with Gasteiger partial charge in [0.2, 0.25) is 0 Å². The predicted octanol–water partition coefficient (Wildman–Crippen LogP) is 2.81. The number of thioether (sulfide) groups is 1. The van der Waals surface area contributed by atoms with Gasteiger partial charge in [-0.1, -0.05) is 25.7 Å². The van der Waals surface area contributed by atoms with Crippen LogP contribution in [0, 0.1) is 5.92 Å². The lowest BCUT2D eigenvalue weighted by Crippen LogP contribution is -2.14. The van der Waals surface area contributed by atoms with E-state index in [-0.39, 0.29) is 11.8 Å². The number of rotatable bonds is 6. The first-order valence-electron chi connectivity index (χ1n) is 6.65. The second kappa shape index (κ2) is 6.91. The topological polar surface area (TPSA) is 70.4 Å². The van der Waals surface area contributed by atoms with Gasteiger partial charge in [-0.2, -0.15) is 0 Å². The minimum atomic E-state index is -1.02. The highest BCUT2D eigenvalue weighted by Gasteiger charge is 2.19. The van der Waals surface area contributed by atoms with Gasteiger partial charge in [-0.25, -0.2) is 9.78 Å². The SMILES string of the molecule is O=C(O)c1cc(SCC(O)CC2CCCC2)ccn1. The maximum atomic E-state index is 10.8. The molecular weight excluding hydrogens is 262 g/mol. The molecule has 0 aliphatic heterocycles. The van der Waals surface area contributed by atoms with E-state index in [4.69, 9.17) is 5.11 Å². The standard InChI is InChI=1S/C14H19NO3S/c16-11(7-10-3-1-2-4-10)9-19-12-5-6-15-13(8-12)14(17)18/h5-6,8,10-11,16H,1-4,7,9H2,(H,17,18). The molecule has 19 heavy (non-hydrogen) atoms. The molecule has 2 rings (SSSR count). The van der Waals surface area contributed by atoms with Gasteiger partial charge in [-0.05, 0) is 24.5 Å². The maximum absolute atomic E-state index is 10.8. The van der Waals surface area contributed by atoms with Crippen LogP contribution in [0.25, 0.3) is 0 Å². The molecule has 104 valence electrons. The van der Waals surface area contributed by atoms with Crippen LogP contribution < -0.4 is 0 Å². The minimum Gasteiger partial charge on any atom is -0.477 e. The van der Waals surface area contributed by atoms with E-state index in [1.54, 1.807) is 12.1 Å². The lowest BCUT2D eigenvalue weighted by molar-refractivity contribution is 0.0690. The first-order chi connectivity index (χ1) is 9.15. The van der Waals surface area contributed by atoms with Gasteiger partial charge in [0.25, 0.3) is 0 Å². The second-order valence-electron chi connectivity index (χ2n) is 5.03. The van der Waals surface area contributed by atoms with Gasteiger partial charge in [0.05, 0.1) is 6.10 Å². The molecule has 0 aromatic carbocycles. The van der Waals surface area contributed by atoms with E-state index in [2.05, 4.69) is 4.98 Å². The number of aromatic carboxylic acids is 1. The third-order valence-electron chi connectivity index (χ3n) is 3.47. The van der Waals surface area contributed by atoms with Crippen LogP contribution >= 0.6 is 11.8 Å². The zero-order valence-corrected chi connectivity index (χ0v) is 11.6. The zero-order valence-electron chi connectivity index (χ0n) is 10.8. The van der Waals surface area contributed by atoms with Gasteiger partial charge >= 0.3 is 5.97 Å². The molecule has 1 fully saturated rings. The van der Waals surface area contributed by atoms with E-state index in [0.29, 0.717) is 11.7 Å². The fourth-order valence-electron chi connectivity index (χ4n) is 2.51. The average Bonchev–Trinajstić information content (AvgIpc) is 2.89. The number of pyridine rings is 1. The molecule has 1 aromatic heterocycles. The summed E-state index contributed by atoms with van der Waals surface area (Å²) in [5.74, 6) is 0.260. The van der Waals surface area contributed by atoms with Crippen LogP contribution in [-0.4, -0.2) is 33.0 Å². The lowest BCUT2D eigenvalue weighted by atomic mass is 10.0. The Kier molecular flexibility index (Phi) is 5.22. The van der Waals surface area contributed by atoms with Crippen LogP contribution in [0.3, 0.4) is 0 Å². The van der Waals surface area contributed by atoms with Crippen molar-refractivity contribution in [2.75, 3.05) is 5.75 Å². The predicted molar refractivity (Wildman–Crippen MR) is 74.5 cm³/mol. The number of aromatic nitrogens is 1. The maximum Gasteiger partial charge on any atom is 0.354 e. The number of aliphatic hydroxyl groups is 1. The van der Waals surface area contributed by atoms with E-state index in [1.165, 1.54) is 43.6 Å². The van der Waals surface area contributed by atoms with Crippen molar-refractivity contribution in [3.63, 3.8) is 0 Å². The molecule has 4 nitrogen and oxygen atoms in total. The summed E-state index contributed by atoms with van der Waals surface area (Å²) in [5, 5.41) is 18.9. The molecule has 2 N–H and O–H groups in total. The van der Waals surface area contributed by atoms with Crippen LogP contribution in [0.2, 0.25) is 0 Å². The molecule has 1 atom stereocenters. The average molecular weight is 281 g/mol. The summed E-state index contributed by atoms with van der Waals surface area (Å²) >= 11 is 1.49. The van der Waals surface area contributed by atoms with Gasteiger partial charge in [-0.3, -0.25) is 0 Å². The summed E-state index contributed by atoms with van der Waals surface area (Å²) in [6, 6.07) is 3.33. The Hall–Kier alpha value is -1.07. The Morgan fingerprint density at radius 1 is 1.47 bits per heavy atom. The number of carbonyl (C=O) groups is 1. The molecule has 5 heteroatoms. The number of hydrogen-bond donors (Lipinski definition) is 2. The second-order valence-corrected chi connectivity index (χ2v) is 6.13. The van der Waals surface area contributed by atoms with Crippen LogP contribution in [0.1, 0.15) is 42.6 Å². The Morgan fingerprint density at radius 3 is 2.89 bits per heavy atom. The number of hydrogen-bond acceptors (Lipinski definition) is 4. The number of nitrogens with zero attached hydrogens (tertiary/aromatic N) is 1. The Labute approximate surface area is 117 Å². The minimum absolute atomic E-state index is 0.0512. The molecule has 1 aromatic rings. The third kappa shape index (κ3) is 4.51. The molecule has 1 aliphatic rings. The van der Waals surface area contributed by atoms with E-state index < -0.39 is 5.97 Å². The molecule has 0 saturated heterocycles. The monoisotopic (exact) mass is 281 g/mol. The van der Waals surface area contributed by atoms with E-state index in [9.17, 15) is 9.90 Å². The normalized spacial score (nSPS) is 17.5. The van der Waals surface area contributed by atoms with E-state index in [1.807, 2.05) is 0 Å². The molecule has 0 bridgehead atoms. The van der Waals surface area contributed by atoms with Crippen molar-refractivity contribution >= 4 is 17.7 Å². The van der Waals surface area contributed by atoms with Crippen molar-refractivity contribution in [3.8, 4) is 0 Å². The Bertz CT molecular complexity index is 432. The molecular formula is C14H19NO3S. The summed E-state index contributed by atoms with van der Waals surface area (Å²) in [7, 11) is 0. The fraction of sp³-hybridized carbons (Fsp3) is 0.571. The van der Waals surface area contributed by atoms with Crippen molar-refractivity contribution in [1.29, 1.82) is 0 Å². The number of aliphatic hydroxyl groups excluding tert-OH is 1. The first kappa shape index (κ1) is 14.3. The molecule has 0 spiro atoms. The zero-order chi connectivity index (χ0) is 13.7. The van der Waals surface area contributed by atoms with Crippen molar-refractivity contribution in [1.82, 2.24) is 4.98 Å². The Balaban J connectivity index is 1.80. The highest BCUT2D eigenvalue weighted by molar-refractivity contribution is 7.99. The molecule has 0 radical (unpaired) electrons. The molecule has 1 unspecified atom stereocenters. The van der Waals surface area contributed by atoms with Gasteiger partial charge in [0.15, 0.2) is 0 Å². The van der Waals surface area contributed by atoms with E-state index >= 15 is 0 Å². The van der Waals surface area contributed by atoms with Gasteiger partial charge in [-0.15, -0.1) is 11.8 Å². The van der Waals surface area contributed by atoms with Gasteiger partial charge in [0.1, 0.15) is 5.69 Å². The molecule has 1 heterocycles. The number of carboxylic acids is 1. The molecule has 1 saturated carbocycles. The summed E-state index contributed by atoms with van der Waals surface area (Å²) < 4.78 is 0. The van der Waals surface area contributed by atoms with Crippen LogP contribution in [0.5, 0.6) is 0 Å². The Morgan fingerprint density at radius 2 is 2.21 bits per heavy atom. The summed E-state index contributed by atoms with van der Waals surface area (Å²) in [6.07, 6.45) is 7.10. The third-order valence-corrected chi connectivity index (χ3v) is 4.61. The summed E-state index contributed by atoms with van der Waals surface area (Å²) in [6.45, 7) is 0. The quantitative estimate of drug-likeness (QED) is 0.785. The van der Waals surface area contributed by atoms with Crippen LogP contribution in [0.15, 0.2) is 23.2 Å². The van der Waals surface area contributed by atoms with Crippen LogP contribution in [0.4, 0.5) is 0 Å². The largest absolute Gasteiger partial charge is 0.477 e. The van der Waals surface area contributed by atoms with Gasteiger partial charge < -0.3 is 10.2 Å². The lowest BCUT2D eigenvalue weighted by Gasteiger charge is -2.14. The summed E-state index contributed by atoms with van der Waals surface area (Å²) in [4.78, 5) is 15.4. The van der Waals surface area contributed by atoms with Crippen molar-refractivity contribution < 1.29 is 15.0 Å². The van der Waals surface area contributed by atoms with Gasteiger partial charge in [0, 0.05) is 16.8 Å². The fourth-order valence-corrected chi connectivity index (χ4v) is 3.38. The van der Waals surface area contributed by atoms with E-state index in [0.717, 1.165) is 11.3 Å². The smallest absolute Gasteiger partial charge is 0.354 e. The highest BCUT2D eigenvalue weighted by atomic mass is 32.2.